The first-order chi connectivity index (χ1) is 7.95. The highest BCUT2D eigenvalue weighted by Gasteiger charge is 2.18. The maximum absolute atomic E-state index is 12.1. The highest BCUT2D eigenvalue weighted by molar-refractivity contribution is 7.66. The van der Waals surface area contributed by atoms with Crippen molar-refractivity contribution in [1.29, 1.82) is 0 Å². The van der Waals surface area contributed by atoms with Crippen molar-refractivity contribution in [2.45, 2.75) is 20.3 Å². The van der Waals surface area contributed by atoms with E-state index in [-0.39, 0.29) is 6.61 Å². The molecule has 94 valence electrons. The van der Waals surface area contributed by atoms with Crippen LogP contribution in [-0.4, -0.2) is 19.6 Å². The monoisotopic (exact) mass is 254 g/mol. The van der Waals surface area contributed by atoms with Crippen LogP contribution in [0.3, 0.4) is 0 Å². The Bertz CT molecular complexity index is 409. The van der Waals surface area contributed by atoms with Crippen LogP contribution >= 0.6 is 7.37 Å². The van der Waals surface area contributed by atoms with Crippen LogP contribution in [0.5, 0.6) is 0 Å². The van der Waals surface area contributed by atoms with Gasteiger partial charge in [0.2, 0.25) is 7.37 Å². The summed E-state index contributed by atoms with van der Waals surface area (Å²) in [4.78, 5) is 10.2. The Hall–Kier alpha value is -0.920. The fourth-order valence-corrected chi connectivity index (χ4v) is 2.81. The standard InChI is InChI=1S/C13H19O3P/c1-11(2)10-12-4-6-13(7-5-12)17(3,15)16-9-8-14/h4-8,11H,9-10H2,1-3H3. The molecule has 4 heteroatoms. The van der Waals surface area contributed by atoms with Gasteiger partial charge in [-0.1, -0.05) is 26.0 Å². The van der Waals surface area contributed by atoms with Crippen molar-refractivity contribution in [2.75, 3.05) is 13.3 Å². The molecule has 1 aromatic carbocycles. The van der Waals surface area contributed by atoms with E-state index in [0.717, 1.165) is 6.42 Å². The number of benzene rings is 1. The van der Waals surface area contributed by atoms with E-state index >= 15 is 0 Å². The van der Waals surface area contributed by atoms with E-state index in [1.165, 1.54) is 12.2 Å². The summed E-state index contributed by atoms with van der Waals surface area (Å²) in [5, 5.41) is 0.659. The highest BCUT2D eigenvalue weighted by Crippen LogP contribution is 2.40. The molecule has 0 N–H and O–H groups in total. The Labute approximate surface area is 103 Å². The summed E-state index contributed by atoms with van der Waals surface area (Å²) in [6.45, 7) is 5.73. The minimum absolute atomic E-state index is 0.123. The van der Waals surface area contributed by atoms with E-state index in [9.17, 15) is 9.36 Å². The van der Waals surface area contributed by atoms with Crippen molar-refractivity contribution >= 4 is 19.0 Å². The lowest BCUT2D eigenvalue weighted by Gasteiger charge is -2.13. The molecule has 0 spiro atoms. The molecule has 0 aliphatic heterocycles. The van der Waals surface area contributed by atoms with E-state index in [1.54, 1.807) is 0 Å². The van der Waals surface area contributed by atoms with Gasteiger partial charge in [0, 0.05) is 12.0 Å². The Kier molecular flexibility index (Phi) is 5.10. The topological polar surface area (TPSA) is 43.4 Å². The van der Waals surface area contributed by atoms with Gasteiger partial charge in [-0.15, -0.1) is 0 Å². The van der Waals surface area contributed by atoms with Gasteiger partial charge in [-0.05, 0) is 30.0 Å². The molecule has 0 aliphatic rings. The molecule has 1 atom stereocenters. The zero-order valence-corrected chi connectivity index (χ0v) is 11.4. The molecule has 0 saturated heterocycles. The van der Waals surface area contributed by atoms with Gasteiger partial charge in [0.15, 0.2) is 0 Å². The third kappa shape index (κ3) is 4.45. The van der Waals surface area contributed by atoms with E-state index < -0.39 is 7.37 Å². The lowest BCUT2D eigenvalue weighted by molar-refractivity contribution is -0.109. The van der Waals surface area contributed by atoms with Crippen LogP contribution < -0.4 is 5.30 Å². The zero-order chi connectivity index (χ0) is 12.9. The van der Waals surface area contributed by atoms with Gasteiger partial charge in [-0.2, -0.15) is 0 Å². The molecule has 0 aliphatic carbocycles. The second kappa shape index (κ2) is 6.13. The van der Waals surface area contributed by atoms with Crippen LogP contribution in [0.4, 0.5) is 0 Å². The lowest BCUT2D eigenvalue weighted by Crippen LogP contribution is -2.08. The second-order valence-corrected chi connectivity index (χ2v) is 7.04. The van der Waals surface area contributed by atoms with Crippen LogP contribution in [0.15, 0.2) is 24.3 Å². The van der Waals surface area contributed by atoms with Crippen LogP contribution in [0, 0.1) is 5.92 Å². The van der Waals surface area contributed by atoms with Gasteiger partial charge in [-0.25, -0.2) is 0 Å². The fourth-order valence-electron chi connectivity index (χ4n) is 1.62. The number of hydrogen-bond donors (Lipinski definition) is 0. The molecule has 0 bridgehead atoms. The maximum Gasteiger partial charge on any atom is 0.229 e. The normalized spacial score (nSPS) is 14.6. The summed E-state index contributed by atoms with van der Waals surface area (Å²) < 4.78 is 17.2. The van der Waals surface area contributed by atoms with Crippen molar-refractivity contribution in [3.8, 4) is 0 Å². The average Bonchev–Trinajstić information content (AvgIpc) is 2.26. The molecule has 1 unspecified atom stereocenters. The maximum atomic E-state index is 12.1. The van der Waals surface area contributed by atoms with Crippen LogP contribution in [0.25, 0.3) is 0 Å². The first-order valence-electron chi connectivity index (χ1n) is 5.71. The largest absolute Gasteiger partial charge is 0.318 e. The Morgan fingerprint density at radius 3 is 2.35 bits per heavy atom. The van der Waals surface area contributed by atoms with Crippen LogP contribution in [0.2, 0.25) is 0 Å². The molecule has 1 aromatic rings. The van der Waals surface area contributed by atoms with Crippen molar-refractivity contribution < 1.29 is 13.9 Å². The van der Waals surface area contributed by atoms with Gasteiger partial charge in [0.05, 0.1) is 0 Å². The van der Waals surface area contributed by atoms with Crippen molar-refractivity contribution in [3.05, 3.63) is 29.8 Å². The van der Waals surface area contributed by atoms with Crippen LogP contribution in [-0.2, 0) is 20.3 Å². The van der Waals surface area contributed by atoms with Gasteiger partial charge in [0.1, 0.15) is 12.9 Å². The van der Waals surface area contributed by atoms with Crippen LogP contribution in [0.1, 0.15) is 19.4 Å². The molecule has 17 heavy (non-hydrogen) atoms. The third-order valence-corrected chi connectivity index (χ3v) is 4.32. The molecule has 0 amide bonds. The van der Waals surface area contributed by atoms with Crippen molar-refractivity contribution in [1.82, 2.24) is 0 Å². The second-order valence-electron chi connectivity index (χ2n) is 4.57. The van der Waals surface area contributed by atoms with E-state index in [1.807, 2.05) is 24.3 Å². The zero-order valence-electron chi connectivity index (χ0n) is 10.6. The minimum atomic E-state index is -2.85. The SMILES string of the molecule is CC(C)Cc1ccc(P(C)(=O)OCC=O)cc1. The first kappa shape index (κ1) is 14.1. The Morgan fingerprint density at radius 1 is 1.29 bits per heavy atom. The third-order valence-electron chi connectivity index (χ3n) is 2.44. The van der Waals surface area contributed by atoms with E-state index in [0.29, 0.717) is 17.5 Å². The summed E-state index contributed by atoms with van der Waals surface area (Å²) >= 11 is 0. The smallest absolute Gasteiger partial charge is 0.229 e. The summed E-state index contributed by atoms with van der Waals surface area (Å²) in [6.07, 6.45) is 1.62. The Balaban J connectivity index is 2.79. The lowest BCUT2D eigenvalue weighted by atomic mass is 10.0. The molecule has 0 fully saturated rings. The highest BCUT2D eigenvalue weighted by atomic mass is 31.2. The summed E-state index contributed by atoms with van der Waals surface area (Å²) in [5.74, 6) is 0.598. The van der Waals surface area contributed by atoms with Crippen molar-refractivity contribution in [2.24, 2.45) is 5.92 Å². The molecule has 0 saturated carbocycles. The summed E-state index contributed by atoms with van der Waals surface area (Å²) in [5.41, 5.74) is 1.22. The fraction of sp³-hybridized carbons (Fsp3) is 0.462. The molecule has 0 aromatic heterocycles. The summed E-state index contributed by atoms with van der Waals surface area (Å²) in [6, 6.07) is 7.58. The average molecular weight is 254 g/mol. The van der Waals surface area contributed by atoms with Gasteiger partial charge >= 0.3 is 0 Å². The molecular weight excluding hydrogens is 235 g/mol. The molecular formula is C13H19O3P. The number of carbonyl (C=O) groups is 1. The molecule has 1 rings (SSSR count). The predicted octanol–water partition coefficient (Wildman–Crippen LogP) is 2.63. The van der Waals surface area contributed by atoms with Gasteiger partial charge < -0.3 is 9.32 Å². The van der Waals surface area contributed by atoms with E-state index in [4.69, 9.17) is 4.52 Å². The Morgan fingerprint density at radius 2 is 1.88 bits per heavy atom. The number of carbonyl (C=O) groups excluding carboxylic acids is 1. The quantitative estimate of drug-likeness (QED) is 0.579. The molecule has 3 nitrogen and oxygen atoms in total. The molecule has 0 heterocycles. The first-order valence-corrected chi connectivity index (χ1v) is 7.78. The van der Waals surface area contributed by atoms with Gasteiger partial charge in [-0.3, -0.25) is 4.57 Å². The number of rotatable bonds is 6. The van der Waals surface area contributed by atoms with Crippen molar-refractivity contribution in [3.63, 3.8) is 0 Å². The molecule has 0 radical (unpaired) electrons. The number of aldehydes is 1. The number of hydrogen-bond acceptors (Lipinski definition) is 3. The van der Waals surface area contributed by atoms with E-state index in [2.05, 4.69) is 13.8 Å². The minimum Gasteiger partial charge on any atom is -0.318 e. The van der Waals surface area contributed by atoms with Gasteiger partial charge in [0.25, 0.3) is 0 Å². The predicted molar refractivity (Wildman–Crippen MR) is 70.2 cm³/mol. The summed E-state index contributed by atoms with van der Waals surface area (Å²) in [7, 11) is -2.85.